The molecule has 122 valence electrons. The number of nitrogens with one attached hydrogen (secondary N) is 2. The predicted octanol–water partition coefficient (Wildman–Crippen LogP) is 1.22. The van der Waals surface area contributed by atoms with Crippen LogP contribution in [-0.2, 0) is 9.59 Å². The molecule has 0 saturated carbocycles. The zero-order chi connectivity index (χ0) is 14.5. The summed E-state index contributed by atoms with van der Waals surface area (Å²) in [6.07, 6.45) is 2.94. The maximum absolute atomic E-state index is 12.4. The van der Waals surface area contributed by atoms with Crippen LogP contribution >= 0.6 is 24.2 Å². The Balaban J connectivity index is 0.00000220. The van der Waals surface area contributed by atoms with Crippen molar-refractivity contribution in [2.45, 2.75) is 45.2 Å². The van der Waals surface area contributed by atoms with E-state index >= 15 is 0 Å². The second-order valence-electron chi connectivity index (χ2n) is 5.68. The summed E-state index contributed by atoms with van der Waals surface area (Å²) in [4.78, 5) is 26.5. The summed E-state index contributed by atoms with van der Waals surface area (Å²) in [5.74, 6) is 1.48. The lowest BCUT2D eigenvalue weighted by molar-refractivity contribution is -0.141. The first-order valence-corrected chi connectivity index (χ1v) is 8.68. The van der Waals surface area contributed by atoms with Gasteiger partial charge in [-0.05, 0) is 25.8 Å². The molecule has 0 aromatic heterocycles. The smallest absolute Gasteiger partial charge is 0.243 e. The van der Waals surface area contributed by atoms with E-state index in [4.69, 9.17) is 0 Å². The summed E-state index contributed by atoms with van der Waals surface area (Å²) in [6.45, 7) is 5.81. The minimum atomic E-state index is -0.288. The van der Waals surface area contributed by atoms with Gasteiger partial charge < -0.3 is 15.5 Å². The zero-order valence-electron chi connectivity index (χ0n) is 12.8. The minimum Gasteiger partial charge on any atom is -0.350 e. The van der Waals surface area contributed by atoms with Gasteiger partial charge in [-0.2, -0.15) is 0 Å². The van der Waals surface area contributed by atoms with Crippen LogP contribution in [0.25, 0.3) is 0 Å². The number of carbonyl (C=O) groups is 2. The number of piperidine rings is 1. The largest absolute Gasteiger partial charge is 0.350 e. The van der Waals surface area contributed by atoms with Gasteiger partial charge in [-0.25, -0.2) is 0 Å². The van der Waals surface area contributed by atoms with Crippen LogP contribution in [0.3, 0.4) is 0 Å². The van der Waals surface area contributed by atoms with Crippen LogP contribution in [0, 0.1) is 5.92 Å². The third-order valence-corrected chi connectivity index (χ3v) is 5.16. The molecule has 2 unspecified atom stereocenters. The van der Waals surface area contributed by atoms with E-state index in [-0.39, 0.29) is 42.2 Å². The third-order valence-electron chi connectivity index (χ3n) is 4.15. The van der Waals surface area contributed by atoms with Crippen LogP contribution in [-0.4, -0.2) is 53.5 Å². The molecule has 2 amide bonds. The van der Waals surface area contributed by atoms with Crippen LogP contribution in [0.15, 0.2) is 0 Å². The van der Waals surface area contributed by atoms with E-state index in [0.717, 1.165) is 32.4 Å². The molecule has 0 bridgehead atoms. The molecule has 0 radical (unpaired) electrons. The lowest BCUT2D eigenvalue weighted by Crippen LogP contribution is -2.53. The Labute approximate surface area is 137 Å². The van der Waals surface area contributed by atoms with Gasteiger partial charge in [0.1, 0.15) is 6.04 Å². The van der Waals surface area contributed by atoms with Gasteiger partial charge in [-0.3, -0.25) is 9.59 Å². The first-order chi connectivity index (χ1) is 9.63. The predicted molar refractivity (Wildman–Crippen MR) is 88.7 cm³/mol. The van der Waals surface area contributed by atoms with Crippen LogP contribution in [0.5, 0.6) is 0 Å². The summed E-state index contributed by atoms with van der Waals surface area (Å²) >= 11 is 1.67. The Morgan fingerprint density at radius 2 is 2.24 bits per heavy atom. The van der Waals surface area contributed by atoms with Crippen LogP contribution in [0.2, 0.25) is 0 Å². The van der Waals surface area contributed by atoms with E-state index in [0.29, 0.717) is 11.6 Å². The summed E-state index contributed by atoms with van der Waals surface area (Å²) in [5, 5.41) is 6.39. The molecule has 5 nitrogen and oxygen atoms in total. The molecule has 2 heterocycles. The highest BCUT2D eigenvalue weighted by Crippen LogP contribution is 2.24. The Hall–Kier alpha value is -0.460. The zero-order valence-corrected chi connectivity index (χ0v) is 14.4. The maximum Gasteiger partial charge on any atom is 0.243 e. The lowest BCUT2D eigenvalue weighted by atomic mass is 10.1. The average Bonchev–Trinajstić information content (AvgIpc) is 2.96. The van der Waals surface area contributed by atoms with E-state index in [1.807, 2.05) is 13.8 Å². The molecule has 3 atom stereocenters. The maximum atomic E-state index is 12.4. The van der Waals surface area contributed by atoms with Crippen LogP contribution in [0.1, 0.15) is 33.1 Å². The molecule has 7 heteroatoms. The van der Waals surface area contributed by atoms with E-state index in [9.17, 15) is 9.59 Å². The molecule has 2 rings (SSSR count). The highest BCUT2D eigenvalue weighted by molar-refractivity contribution is 7.99. The van der Waals surface area contributed by atoms with Crippen molar-refractivity contribution in [3.63, 3.8) is 0 Å². The number of hydrogen-bond acceptors (Lipinski definition) is 4. The van der Waals surface area contributed by atoms with Crippen molar-refractivity contribution in [3.05, 3.63) is 0 Å². The van der Waals surface area contributed by atoms with Crippen molar-refractivity contribution in [2.24, 2.45) is 5.92 Å². The van der Waals surface area contributed by atoms with E-state index < -0.39 is 0 Å². The number of amides is 2. The molecule has 0 aromatic carbocycles. The van der Waals surface area contributed by atoms with Gasteiger partial charge in [0.2, 0.25) is 11.8 Å². The van der Waals surface area contributed by atoms with Crippen LogP contribution in [0.4, 0.5) is 0 Å². The van der Waals surface area contributed by atoms with Gasteiger partial charge >= 0.3 is 0 Å². The van der Waals surface area contributed by atoms with Crippen molar-refractivity contribution in [3.8, 4) is 0 Å². The number of hydrogen-bond donors (Lipinski definition) is 2. The van der Waals surface area contributed by atoms with Gasteiger partial charge in [-0.15, -0.1) is 24.2 Å². The lowest BCUT2D eigenvalue weighted by Gasteiger charge is -2.29. The van der Waals surface area contributed by atoms with E-state index in [1.54, 1.807) is 16.7 Å². The molecule has 0 aliphatic carbocycles. The minimum absolute atomic E-state index is 0. The average molecular weight is 336 g/mol. The summed E-state index contributed by atoms with van der Waals surface area (Å²) < 4.78 is 0. The van der Waals surface area contributed by atoms with Crippen molar-refractivity contribution in [2.75, 3.05) is 24.7 Å². The molecular formula is C14H26ClN3O2S. The first kappa shape index (κ1) is 18.6. The molecule has 2 aliphatic heterocycles. The number of nitrogens with zero attached hydrogens (tertiary/aromatic N) is 1. The fourth-order valence-electron chi connectivity index (χ4n) is 2.61. The van der Waals surface area contributed by atoms with Crippen molar-refractivity contribution in [1.82, 2.24) is 15.5 Å². The molecular weight excluding hydrogens is 310 g/mol. The molecule has 2 N–H and O–H groups in total. The summed E-state index contributed by atoms with van der Waals surface area (Å²) in [5.41, 5.74) is 0. The second-order valence-corrected chi connectivity index (χ2v) is 6.68. The number of thioether (sulfide) groups is 1. The molecule has 2 aliphatic rings. The Morgan fingerprint density at radius 1 is 1.48 bits per heavy atom. The second kappa shape index (κ2) is 8.86. The molecule has 0 aromatic rings. The molecule has 21 heavy (non-hydrogen) atoms. The summed E-state index contributed by atoms with van der Waals surface area (Å²) in [7, 11) is 0. The van der Waals surface area contributed by atoms with Crippen molar-refractivity contribution < 1.29 is 9.59 Å². The third kappa shape index (κ3) is 4.76. The molecule has 0 spiro atoms. The van der Waals surface area contributed by atoms with E-state index in [1.165, 1.54) is 0 Å². The SMILES string of the molecule is CCC(C)C(=O)N1CSCC1C(=O)N[C@H]1CCCNC1.Cl. The molecule has 2 saturated heterocycles. The number of carbonyl (C=O) groups excluding carboxylic acids is 2. The van der Waals surface area contributed by atoms with Crippen molar-refractivity contribution >= 4 is 36.0 Å². The Bertz CT molecular complexity index is 364. The number of rotatable bonds is 4. The highest BCUT2D eigenvalue weighted by Gasteiger charge is 2.36. The standard InChI is InChI=1S/C14H25N3O2S.ClH/c1-3-10(2)14(19)17-9-20-8-12(17)13(18)16-11-5-4-6-15-7-11;/h10-12,15H,3-9H2,1-2H3,(H,16,18);1H/t10?,11-,12?;/m0./s1. The fraction of sp³-hybridized carbons (Fsp3) is 0.857. The topological polar surface area (TPSA) is 61.4 Å². The quantitative estimate of drug-likeness (QED) is 0.811. The first-order valence-electron chi connectivity index (χ1n) is 7.52. The van der Waals surface area contributed by atoms with Crippen molar-refractivity contribution in [1.29, 1.82) is 0 Å². The van der Waals surface area contributed by atoms with Gasteiger partial charge in [0, 0.05) is 24.3 Å². The monoisotopic (exact) mass is 335 g/mol. The Morgan fingerprint density at radius 3 is 2.86 bits per heavy atom. The van der Waals surface area contributed by atoms with Gasteiger partial charge in [-0.1, -0.05) is 13.8 Å². The highest BCUT2D eigenvalue weighted by atomic mass is 35.5. The van der Waals surface area contributed by atoms with E-state index in [2.05, 4.69) is 10.6 Å². The van der Waals surface area contributed by atoms with Gasteiger partial charge in [0.25, 0.3) is 0 Å². The number of halogens is 1. The molecule has 2 fully saturated rings. The Kier molecular flexibility index (Phi) is 7.84. The van der Waals surface area contributed by atoms with Gasteiger partial charge in [0.15, 0.2) is 0 Å². The van der Waals surface area contributed by atoms with Crippen LogP contribution < -0.4 is 10.6 Å². The van der Waals surface area contributed by atoms with Gasteiger partial charge in [0.05, 0.1) is 5.88 Å². The summed E-state index contributed by atoms with van der Waals surface area (Å²) in [6, 6.07) is -0.0779. The normalized spacial score (nSPS) is 26.9. The fourth-order valence-corrected chi connectivity index (χ4v) is 3.77.